The molecule has 198 valence electrons. The molecular formula is C26H47NO6S. The summed E-state index contributed by atoms with van der Waals surface area (Å²) in [6.07, 6.45) is 19.9. The second-order valence-electron chi connectivity index (χ2n) is 8.86. The number of allylic oxidation sites excluding steroid dienone is 1. The Balaban J connectivity index is 4.08. The van der Waals surface area contributed by atoms with Crippen molar-refractivity contribution in [1.82, 2.24) is 5.32 Å². The molecule has 0 saturated carbocycles. The van der Waals surface area contributed by atoms with Crippen molar-refractivity contribution in [2.75, 3.05) is 12.3 Å². The summed E-state index contributed by atoms with van der Waals surface area (Å²) in [4.78, 5) is 33.0. The number of hydrogen-bond acceptors (Lipinski definition) is 5. The van der Waals surface area contributed by atoms with Crippen molar-refractivity contribution < 1.29 is 29.7 Å². The first kappa shape index (κ1) is 32.5. The van der Waals surface area contributed by atoms with E-state index in [2.05, 4.69) is 12.2 Å². The van der Waals surface area contributed by atoms with Crippen LogP contribution in [-0.4, -0.2) is 56.8 Å². The maximum absolute atomic E-state index is 11.7. The van der Waals surface area contributed by atoms with Gasteiger partial charge in [0.1, 0.15) is 6.54 Å². The predicted molar refractivity (Wildman–Crippen MR) is 139 cm³/mol. The molecule has 0 saturated heterocycles. The monoisotopic (exact) mass is 501 g/mol. The Bertz CT molecular complexity index is 569. The number of rotatable bonds is 24. The molecule has 0 aliphatic rings. The fraction of sp³-hybridized carbons (Fsp3) is 0.808. The Morgan fingerprint density at radius 1 is 0.824 bits per heavy atom. The number of amides is 1. The fourth-order valence-corrected chi connectivity index (χ4v) is 4.77. The van der Waals surface area contributed by atoms with E-state index >= 15 is 0 Å². The molecule has 2 unspecified atom stereocenters. The lowest BCUT2D eigenvalue weighted by Gasteiger charge is -2.19. The third-order valence-electron chi connectivity index (χ3n) is 5.66. The summed E-state index contributed by atoms with van der Waals surface area (Å²) in [6, 6.07) is 0. The van der Waals surface area contributed by atoms with Crippen molar-refractivity contribution in [3.8, 4) is 0 Å². The zero-order chi connectivity index (χ0) is 25.4. The van der Waals surface area contributed by atoms with Gasteiger partial charge in [0.15, 0.2) is 0 Å². The topological polar surface area (TPSA) is 124 Å². The number of carboxylic acid groups (broad SMARTS) is 2. The van der Waals surface area contributed by atoms with Crippen LogP contribution in [0.1, 0.15) is 110 Å². The van der Waals surface area contributed by atoms with Crippen LogP contribution in [0.15, 0.2) is 12.2 Å². The molecule has 0 aromatic heterocycles. The molecule has 0 radical (unpaired) electrons. The Hall–Kier alpha value is -1.54. The van der Waals surface area contributed by atoms with Crippen molar-refractivity contribution >= 4 is 29.6 Å². The largest absolute Gasteiger partial charge is 0.481 e. The Morgan fingerprint density at radius 3 is 1.91 bits per heavy atom. The van der Waals surface area contributed by atoms with E-state index in [4.69, 9.17) is 10.2 Å². The predicted octanol–water partition coefficient (Wildman–Crippen LogP) is 5.55. The van der Waals surface area contributed by atoms with Crippen LogP contribution in [0.2, 0.25) is 0 Å². The molecule has 0 aromatic carbocycles. The summed E-state index contributed by atoms with van der Waals surface area (Å²) in [5.74, 6) is -1.97. The van der Waals surface area contributed by atoms with Gasteiger partial charge in [-0.15, -0.1) is 0 Å². The number of nitrogens with one attached hydrogen (secondary N) is 1. The molecule has 0 aliphatic heterocycles. The van der Waals surface area contributed by atoms with Gasteiger partial charge < -0.3 is 20.6 Å². The zero-order valence-electron chi connectivity index (χ0n) is 21.0. The van der Waals surface area contributed by atoms with E-state index in [1.165, 1.54) is 82.4 Å². The van der Waals surface area contributed by atoms with Gasteiger partial charge in [-0.2, -0.15) is 11.8 Å². The van der Waals surface area contributed by atoms with Crippen LogP contribution in [-0.2, 0) is 14.4 Å². The molecule has 2 atom stereocenters. The second kappa shape index (κ2) is 23.2. The minimum absolute atomic E-state index is 0.107. The van der Waals surface area contributed by atoms with Crippen molar-refractivity contribution in [3.05, 3.63) is 12.2 Å². The van der Waals surface area contributed by atoms with Crippen molar-refractivity contribution in [2.24, 2.45) is 0 Å². The Labute approximate surface area is 210 Å². The molecule has 7 nitrogen and oxygen atoms in total. The van der Waals surface area contributed by atoms with E-state index in [-0.39, 0.29) is 30.4 Å². The van der Waals surface area contributed by atoms with Crippen molar-refractivity contribution in [2.45, 2.75) is 121 Å². The fourth-order valence-electron chi connectivity index (χ4n) is 3.61. The first-order valence-electron chi connectivity index (χ1n) is 13.0. The number of aliphatic carboxylic acids is 2. The zero-order valence-corrected chi connectivity index (χ0v) is 21.8. The number of carbonyl (C=O) groups excluding carboxylic acids is 1. The summed E-state index contributed by atoms with van der Waals surface area (Å²) in [6.45, 7) is 1.84. The first-order chi connectivity index (χ1) is 16.4. The summed E-state index contributed by atoms with van der Waals surface area (Å²) in [7, 11) is 0. The van der Waals surface area contributed by atoms with Crippen molar-refractivity contribution in [1.29, 1.82) is 0 Å². The summed E-state index contributed by atoms with van der Waals surface area (Å²) >= 11 is 1.39. The maximum Gasteiger partial charge on any atom is 0.322 e. The minimum Gasteiger partial charge on any atom is -0.481 e. The lowest BCUT2D eigenvalue weighted by atomic mass is 10.0. The number of thioether (sulfide) groups is 1. The van der Waals surface area contributed by atoms with Crippen LogP contribution >= 0.6 is 11.8 Å². The molecule has 34 heavy (non-hydrogen) atoms. The molecule has 0 heterocycles. The Morgan fingerprint density at radius 2 is 1.38 bits per heavy atom. The van der Waals surface area contributed by atoms with E-state index in [9.17, 15) is 19.5 Å². The number of hydrogen-bond donors (Lipinski definition) is 4. The molecular weight excluding hydrogens is 454 g/mol. The van der Waals surface area contributed by atoms with Gasteiger partial charge in [-0.3, -0.25) is 14.4 Å². The smallest absolute Gasteiger partial charge is 0.322 e. The molecule has 4 N–H and O–H groups in total. The van der Waals surface area contributed by atoms with E-state index < -0.39 is 24.6 Å². The highest BCUT2D eigenvalue weighted by molar-refractivity contribution is 8.00. The van der Waals surface area contributed by atoms with Crippen LogP contribution in [0.3, 0.4) is 0 Å². The minimum atomic E-state index is -1.09. The standard InChI is InChI=1S/C26H47NO6S/c1-2-3-4-5-6-7-8-9-10-11-12-13-14-15-16-23(22(28)17-18-25(30)31)34-20-19-24(29)27-21-26(32)33/h15-16,22-23,28H,2-14,17-21H2,1H3,(H,27,29)(H,30,31)(H,32,33)/b16-15-. The first-order valence-corrected chi connectivity index (χ1v) is 14.1. The van der Waals surface area contributed by atoms with Gasteiger partial charge in [0, 0.05) is 23.8 Å². The Kier molecular flexibility index (Phi) is 22.2. The summed E-state index contributed by atoms with van der Waals surface area (Å²) in [5, 5.41) is 29.9. The highest BCUT2D eigenvalue weighted by Gasteiger charge is 2.18. The van der Waals surface area contributed by atoms with Crippen LogP contribution in [0.4, 0.5) is 0 Å². The van der Waals surface area contributed by atoms with Gasteiger partial charge >= 0.3 is 11.9 Å². The molecule has 0 spiro atoms. The van der Waals surface area contributed by atoms with Gasteiger partial charge in [0.05, 0.1) is 6.10 Å². The SMILES string of the molecule is CCCCCCCCCCCCCC/C=C\C(SCCC(=O)NCC(=O)O)C(O)CCC(=O)O. The number of aliphatic hydroxyl groups is 1. The van der Waals surface area contributed by atoms with Gasteiger partial charge in [-0.05, 0) is 19.3 Å². The highest BCUT2D eigenvalue weighted by atomic mass is 32.2. The van der Waals surface area contributed by atoms with Crippen molar-refractivity contribution in [3.63, 3.8) is 0 Å². The van der Waals surface area contributed by atoms with Crippen LogP contribution in [0.25, 0.3) is 0 Å². The number of unbranched alkanes of at least 4 members (excludes halogenated alkanes) is 12. The van der Waals surface area contributed by atoms with E-state index in [0.29, 0.717) is 5.75 Å². The maximum atomic E-state index is 11.7. The van der Waals surface area contributed by atoms with Gasteiger partial charge in [0.25, 0.3) is 0 Å². The third-order valence-corrected chi connectivity index (χ3v) is 6.96. The quantitative estimate of drug-likeness (QED) is 0.101. The highest BCUT2D eigenvalue weighted by Crippen LogP contribution is 2.21. The lowest BCUT2D eigenvalue weighted by molar-refractivity contribution is -0.138. The number of carboxylic acids is 2. The van der Waals surface area contributed by atoms with Crippen LogP contribution < -0.4 is 5.32 Å². The van der Waals surface area contributed by atoms with Crippen LogP contribution in [0, 0.1) is 0 Å². The summed E-state index contributed by atoms with van der Waals surface area (Å²) in [5.41, 5.74) is 0. The second-order valence-corrected chi connectivity index (χ2v) is 10.1. The van der Waals surface area contributed by atoms with E-state index in [1.807, 2.05) is 12.2 Å². The van der Waals surface area contributed by atoms with E-state index in [1.54, 1.807) is 0 Å². The third kappa shape index (κ3) is 22.3. The summed E-state index contributed by atoms with van der Waals surface area (Å²) < 4.78 is 0. The molecule has 0 aliphatic carbocycles. The van der Waals surface area contributed by atoms with Gasteiger partial charge in [0.2, 0.25) is 5.91 Å². The molecule has 0 aromatic rings. The normalized spacial score (nSPS) is 13.1. The average molecular weight is 502 g/mol. The van der Waals surface area contributed by atoms with Gasteiger partial charge in [-0.25, -0.2) is 0 Å². The number of aliphatic hydroxyl groups excluding tert-OH is 1. The molecule has 0 fully saturated rings. The average Bonchev–Trinajstić information content (AvgIpc) is 2.80. The lowest BCUT2D eigenvalue weighted by Crippen LogP contribution is -2.30. The molecule has 0 bridgehead atoms. The van der Waals surface area contributed by atoms with Gasteiger partial charge in [-0.1, -0.05) is 89.7 Å². The number of carbonyl (C=O) groups is 3. The van der Waals surface area contributed by atoms with Crippen LogP contribution in [0.5, 0.6) is 0 Å². The molecule has 0 rings (SSSR count). The molecule has 1 amide bonds. The van der Waals surface area contributed by atoms with E-state index in [0.717, 1.165) is 12.8 Å². The molecule has 8 heteroatoms.